The Bertz CT molecular complexity index is 694. The van der Waals surface area contributed by atoms with Crippen LogP contribution >= 0.6 is 0 Å². The summed E-state index contributed by atoms with van der Waals surface area (Å²) in [6.45, 7) is 3.63. The van der Waals surface area contributed by atoms with Gasteiger partial charge in [0.1, 0.15) is 0 Å². The van der Waals surface area contributed by atoms with Crippen LogP contribution in [0.4, 0.5) is 5.69 Å². The SMILES string of the molecule is CC(C)C(=O)Nc1ccc(C(=O)NN=Cc2ccncc2)cc1. The zero-order valence-corrected chi connectivity index (χ0v) is 13.0. The molecule has 0 unspecified atom stereocenters. The number of anilines is 1. The summed E-state index contributed by atoms with van der Waals surface area (Å²) in [5, 5.41) is 6.66. The normalized spacial score (nSPS) is 10.7. The second-order valence-electron chi connectivity index (χ2n) is 5.20. The maximum absolute atomic E-state index is 12.0. The van der Waals surface area contributed by atoms with Crippen LogP contribution < -0.4 is 10.7 Å². The van der Waals surface area contributed by atoms with Crippen LogP contribution in [-0.2, 0) is 4.79 Å². The van der Waals surface area contributed by atoms with Crippen LogP contribution in [0.25, 0.3) is 0 Å². The second-order valence-corrected chi connectivity index (χ2v) is 5.20. The summed E-state index contributed by atoms with van der Waals surface area (Å²) >= 11 is 0. The van der Waals surface area contributed by atoms with Gasteiger partial charge in [0, 0.05) is 29.6 Å². The van der Waals surface area contributed by atoms with Gasteiger partial charge < -0.3 is 5.32 Å². The van der Waals surface area contributed by atoms with Crippen molar-refractivity contribution in [3.05, 3.63) is 59.9 Å². The number of amides is 2. The zero-order chi connectivity index (χ0) is 16.7. The van der Waals surface area contributed by atoms with E-state index >= 15 is 0 Å². The topological polar surface area (TPSA) is 83.5 Å². The molecule has 2 rings (SSSR count). The zero-order valence-electron chi connectivity index (χ0n) is 13.0. The number of nitrogens with one attached hydrogen (secondary N) is 2. The monoisotopic (exact) mass is 310 g/mol. The molecule has 2 N–H and O–H groups in total. The van der Waals surface area contributed by atoms with Crippen LogP contribution in [-0.4, -0.2) is 23.0 Å². The summed E-state index contributed by atoms with van der Waals surface area (Å²) in [4.78, 5) is 27.4. The van der Waals surface area contributed by atoms with Crippen molar-refractivity contribution >= 4 is 23.7 Å². The lowest BCUT2D eigenvalue weighted by atomic mass is 10.1. The lowest BCUT2D eigenvalue weighted by Crippen LogP contribution is -2.19. The van der Waals surface area contributed by atoms with Gasteiger partial charge in [-0.1, -0.05) is 13.8 Å². The van der Waals surface area contributed by atoms with Crippen LogP contribution in [0.5, 0.6) is 0 Å². The predicted octanol–water partition coefficient (Wildman–Crippen LogP) is 2.44. The number of rotatable bonds is 5. The van der Waals surface area contributed by atoms with E-state index in [0.29, 0.717) is 11.3 Å². The third-order valence-corrected chi connectivity index (χ3v) is 3.02. The van der Waals surface area contributed by atoms with Gasteiger partial charge in [-0.15, -0.1) is 0 Å². The molecule has 0 saturated carbocycles. The van der Waals surface area contributed by atoms with Gasteiger partial charge in [0.15, 0.2) is 0 Å². The van der Waals surface area contributed by atoms with Crippen molar-refractivity contribution in [1.82, 2.24) is 10.4 Å². The van der Waals surface area contributed by atoms with E-state index in [-0.39, 0.29) is 17.7 Å². The molecule has 0 spiro atoms. The minimum atomic E-state index is -0.322. The molecule has 0 radical (unpaired) electrons. The van der Waals surface area contributed by atoms with E-state index in [1.165, 1.54) is 6.21 Å². The Labute approximate surface area is 134 Å². The fourth-order valence-electron chi connectivity index (χ4n) is 1.67. The molecule has 0 saturated heterocycles. The quantitative estimate of drug-likeness (QED) is 0.657. The maximum Gasteiger partial charge on any atom is 0.271 e. The Morgan fingerprint density at radius 3 is 2.35 bits per heavy atom. The average Bonchev–Trinajstić information content (AvgIpc) is 2.56. The third-order valence-electron chi connectivity index (χ3n) is 3.02. The van der Waals surface area contributed by atoms with Crippen molar-refractivity contribution in [1.29, 1.82) is 0 Å². The van der Waals surface area contributed by atoms with Crippen molar-refractivity contribution in [2.75, 3.05) is 5.32 Å². The molecule has 23 heavy (non-hydrogen) atoms. The van der Waals surface area contributed by atoms with Gasteiger partial charge in [-0.05, 0) is 42.0 Å². The van der Waals surface area contributed by atoms with Crippen molar-refractivity contribution < 1.29 is 9.59 Å². The Hall–Kier alpha value is -3.02. The molecule has 118 valence electrons. The Morgan fingerprint density at radius 1 is 1.09 bits per heavy atom. The van der Waals surface area contributed by atoms with Crippen LogP contribution in [0.15, 0.2) is 53.9 Å². The molecule has 0 bridgehead atoms. The van der Waals surface area contributed by atoms with Crippen molar-refractivity contribution in [3.8, 4) is 0 Å². The minimum Gasteiger partial charge on any atom is -0.326 e. The van der Waals surface area contributed by atoms with Gasteiger partial charge in [0.25, 0.3) is 5.91 Å². The van der Waals surface area contributed by atoms with Gasteiger partial charge in [0.05, 0.1) is 6.21 Å². The highest BCUT2D eigenvalue weighted by Crippen LogP contribution is 2.11. The number of aromatic nitrogens is 1. The maximum atomic E-state index is 12.0. The Kier molecular flexibility index (Phi) is 5.57. The Balaban J connectivity index is 1.92. The fraction of sp³-hybridized carbons (Fsp3) is 0.176. The molecule has 1 heterocycles. The van der Waals surface area contributed by atoms with Crippen molar-refractivity contribution in [2.45, 2.75) is 13.8 Å². The van der Waals surface area contributed by atoms with Crippen molar-refractivity contribution in [2.24, 2.45) is 11.0 Å². The number of hydrogen-bond acceptors (Lipinski definition) is 4. The molecule has 0 aliphatic rings. The van der Waals surface area contributed by atoms with E-state index in [1.54, 1.807) is 48.8 Å². The van der Waals surface area contributed by atoms with Gasteiger partial charge >= 0.3 is 0 Å². The lowest BCUT2D eigenvalue weighted by molar-refractivity contribution is -0.118. The first-order valence-electron chi connectivity index (χ1n) is 7.20. The highest BCUT2D eigenvalue weighted by atomic mass is 16.2. The average molecular weight is 310 g/mol. The highest BCUT2D eigenvalue weighted by molar-refractivity contribution is 5.96. The molecular weight excluding hydrogens is 292 g/mol. The molecule has 0 aliphatic heterocycles. The van der Waals surface area contributed by atoms with Gasteiger partial charge in [-0.25, -0.2) is 5.43 Å². The standard InChI is InChI=1S/C17H18N4O2/c1-12(2)16(22)20-15-5-3-14(4-6-15)17(23)21-19-11-13-7-9-18-10-8-13/h3-12H,1-2H3,(H,20,22)(H,21,23). The molecule has 2 aromatic rings. The summed E-state index contributed by atoms with van der Waals surface area (Å²) in [7, 11) is 0. The summed E-state index contributed by atoms with van der Waals surface area (Å²) < 4.78 is 0. The smallest absolute Gasteiger partial charge is 0.271 e. The first kappa shape index (κ1) is 16.4. The molecule has 0 atom stereocenters. The van der Waals surface area contributed by atoms with E-state index in [9.17, 15) is 9.59 Å². The first-order chi connectivity index (χ1) is 11.1. The van der Waals surface area contributed by atoms with Crippen LogP contribution in [0.1, 0.15) is 29.8 Å². The highest BCUT2D eigenvalue weighted by Gasteiger charge is 2.08. The number of hydrogen-bond donors (Lipinski definition) is 2. The largest absolute Gasteiger partial charge is 0.326 e. The molecule has 6 heteroatoms. The first-order valence-corrected chi connectivity index (χ1v) is 7.20. The third kappa shape index (κ3) is 5.03. The molecular formula is C17H18N4O2. The lowest BCUT2D eigenvalue weighted by Gasteiger charge is -2.08. The van der Waals surface area contributed by atoms with E-state index in [0.717, 1.165) is 5.56 Å². The van der Waals surface area contributed by atoms with Crippen LogP contribution in [0.2, 0.25) is 0 Å². The van der Waals surface area contributed by atoms with Crippen LogP contribution in [0, 0.1) is 5.92 Å². The van der Waals surface area contributed by atoms with Gasteiger partial charge in [-0.3, -0.25) is 14.6 Å². The number of benzene rings is 1. The summed E-state index contributed by atoms with van der Waals surface area (Å²) in [5.41, 5.74) is 4.40. The Morgan fingerprint density at radius 2 is 1.74 bits per heavy atom. The predicted molar refractivity (Wildman–Crippen MR) is 89.2 cm³/mol. The van der Waals surface area contributed by atoms with Gasteiger partial charge in [0.2, 0.25) is 5.91 Å². The minimum absolute atomic E-state index is 0.0656. The molecule has 0 fully saturated rings. The molecule has 1 aromatic heterocycles. The molecule has 6 nitrogen and oxygen atoms in total. The van der Waals surface area contributed by atoms with Crippen LogP contribution in [0.3, 0.4) is 0 Å². The fourth-order valence-corrected chi connectivity index (χ4v) is 1.67. The summed E-state index contributed by atoms with van der Waals surface area (Å²) in [5.74, 6) is -0.485. The van der Waals surface area contributed by atoms with E-state index in [2.05, 4.69) is 20.8 Å². The molecule has 0 aliphatic carbocycles. The van der Waals surface area contributed by atoms with E-state index in [4.69, 9.17) is 0 Å². The number of pyridine rings is 1. The second kappa shape index (κ2) is 7.84. The number of carbonyl (C=O) groups is 2. The number of carbonyl (C=O) groups excluding carboxylic acids is 2. The summed E-state index contributed by atoms with van der Waals surface area (Å²) in [6.07, 6.45) is 4.83. The molecule has 2 amide bonds. The number of hydrazone groups is 1. The number of nitrogens with zero attached hydrogens (tertiary/aromatic N) is 2. The molecule has 1 aromatic carbocycles. The van der Waals surface area contributed by atoms with E-state index < -0.39 is 0 Å². The van der Waals surface area contributed by atoms with E-state index in [1.807, 2.05) is 13.8 Å². The van der Waals surface area contributed by atoms with Gasteiger partial charge in [-0.2, -0.15) is 5.10 Å². The summed E-state index contributed by atoms with van der Waals surface area (Å²) in [6, 6.07) is 10.2. The van der Waals surface area contributed by atoms with Crippen molar-refractivity contribution in [3.63, 3.8) is 0 Å².